The van der Waals surface area contributed by atoms with E-state index < -0.39 is 37.3 Å². The minimum atomic E-state index is -1.51. The molecule has 0 unspecified atom stereocenters. The van der Waals surface area contributed by atoms with Gasteiger partial charge in [-0.25, -0.2) is 0 Å². The smallest absolute Gasteiger partial charge is 0.238 e. The lowest BCUT2D eigenvalue weighted by molar-refractivity contribution is -0.278. The van der Waals surface area contributed by atoms with Crippen molar-refractivity contribution in [3.63, 3.8) is 0 Å². The highest BCUT2D eigenvalue weighted by atomic mass is 16.7. The van der Waals surface area contributed by atoms with Gasteiger partial charge in [-0.05, 0) is 24.6 Å². The summed E-state index contributed by atoms with van der Waals surface area (Å²) in [6.45, 7) is 1.31. The van der Waals surface area contributed by atoms with Crippen molar-refractivity contribution in [1.29, 1.82) is 0 Å². The van der Waals surface area contributed by atoms with Gasteiger partial charge in [0.25, 0.3) is 0 Å². The second-order valence-corrected chi connectivity index (χ2v) is 6.47. The number of ether oxygens (including phenoxy) is 3. The Labute approximate surface area is 156 Å². The Kier molecular flexibility index (Phi) is 5.98. The topological polar surface area (TPSA) is 137 Å². The van der Waals surface area contributed by atoms with Crippen LogP contribution in [0.4, 0.5) is 0 Å². The van der Waals surface area contributed by atoms with Crippen molar-refractivity contribution in [1.82, 2.24) is 10.2 Å². The monoisotopic (exact) mass is 380 g/mol. The normalized spacial score (nSPS) is 28.1. The molecule has 2 aromatic rings. The van der Waals surface area contributed by atoms with Gasteiger partial charge in [0.05, 0.1) is 13.7 Å². The van der Waals surface area contributed by atoms with Crippen LogP contribution in [0.5, 0.6) is 11.6 Å². The van der Waals surface area contributed by atoms with E-state index in [0.717, 1.165) is 22.6 Å². The lowest BCUT2D eigenvalue weighted by Crippen LogP contribution is -2.60. The van der Waals surface area contributed by atoms with Gasteiger partial charge >= 0.3 is 0 Å². The third-order valence-electron chi connectivity index (χ3n) is 4.65. The molecule has 0 radical (unpaired) electrons. The van der Waals surface area contributed by atoms with Gasteiger partial charge in [-0.15, -0.1) is 5.10 Å². The molecule has 5 atom stereocenters. The molecule has 1 aliphatic heterocycles. The lowest BCUT2D eigenvalue weighted by atomic mass is 9.99. The average molecular weight is 380 g/mol. The fourth-order valence-corrected chi connectivity index (χ4v) is 2.96. The molecular weight excluding hydrogens is 356 g/mol. The average Bonchev–Trinajstić information content (AvgIpc) is 3.02. The molecule has 1 saturated heterocycles. The highest BCUT2D eigenvalue weighted by Crippen LogP contribution is 2.28. The van der Waals surface area contributed by atoms with Gasteiger partial charge in [-0.2, -0.15) is 0 Å². The van der Waals surface area contributed by atoms with E-state index in [1.807, 2.05) is 31.2 Å². The molecule has 9 heteroatoms. The summed E-state index contributed by atoms with van der Waals surface area (Å²) < 4.78 is 16.2. The quantitative estimate of drug-likeness (QED) is 0.452. The molecule has 0 bridgehead atoms. The maximum atomic E-state index is 10.1. The Morgan fingerprint density at radius 2 is 1.81 bits per heavy atom. The standard InChI is InChI=1S/C18H24N2O7/c1-9-12(7-10-3-5-11(25-2)6-4-10)17(20-19-9)27-18-16(24)15(23)14(22)13(8-21)26-18/h3-6,13-16,18,21-24H,7-8H2,1-2H3,(H,19,20)/t13-,14-,15+,16-,18+/m1/s1. The van der Waals surface area contributed by atoms with Crippen molar-refractivity contribution in [3.8, 4) is 11.6 Å². The zero-order valence-electron chi connectivity index (χ0n) is 15.1. The summed E-state index contributed by atoms with van der Waals surface area (Å²) >= 11 is 0. The molecule has 0 saturated carbocycles. The molecule has 1 aromatic heterocycles. The summed E-state index contributed by atoms with van der Waals surface area (Å²) in [5.41, 5.74) is 2.54. The van der Waals surface area contributed by atoms with Crippen molar-refractivity contribution in [2.24, 2.45) is 0 Å². The maximum absolute atomic E-state index is 10.1. The SMILES string of the molecule is COc1ccc(Cc2c(O[C@@H]3O[C@H](CO)[C@@H](O)[C@H](O)[C@H]3O)n[nH]c2C)cc1. The van der Waals surface area contributed by atoms with Crippen molar-refractivity contribution >= 4 is 0 Å². The minimum absolute atomic E-state index is 0.215. The summed E-state index contributed by atoms with van der Waals surface area (Å²) in [6.07, 6.45) is -6.25. The molecule has 9 nitrogen and oxygen atoms in total. The van der Waals surface area contributed by atoms with Crippen molar-refractivity contribution in [3.05, 3.63) is 41.1 Å². The molecule has 3 rings (SSSR count). The molecule has 5 N–H and O–H groups in total. The van der Waals surface area contributed by atoms with E-state index in [9.17, 15) is 20.4 Å². The number of aliphatic hydroxyl groups is 4. The van der Waals surface area contributed by atoms with E-state index >= 15 is 0 Å². The fourth-order valence-electron chi connectivity index (χ4n) is 2.96. The number of aryl methyl sites for hydroxylation is 1. The van der Waals surface area contributed by atoms with Crippen LogP contribution < -0.4 is 9.47 Å². The van der Waals surface area contributed by atoms with Crippen LogP contribution in [0.15, 0.2) is 24.3 Å². The van der Waals surface area contributed by atoms with Crippen LogP contribution in [0, 0.1) is 6.92 Å². The van der Waals surface area contributed by atoms with Gasteiger partial charge in [0.2, 0.25) is 12.2 Å². The number of hydrogen-bond acceptors (Lipinski definition) is 8. The molecule has 1 aliphatic rings. The van der Waals surface area contributed by atoms with Gasteiger partial charge in [0.1, 0.15) is 30.2 Å². The third-order valence-corrected chi connectivity index (χ3v) is 4.65. The molecule has 0 aliphatic carbocycles. The predicted molar refractivity (Wildman–Crippen MR) is 93.5 cm³/mol. The van der Waals surface area contributed by atoms with E-state index in [4.69, 9.17) is 14.2 Å². The number of aromatic amines is 1. The number of nitrogens with one attached hydrogen (secondary N) is 1. The Morgan fingerprint density at radius 3 is 2.44 bits per heavy atom. The number of rotatable bonds is 6. The summed E-state index contributed by atoms with van der Waals surface area (Å²) in [4.78, 5) is 0. The Balaban J connectivity index is 1.77. The van der Waals surface area contributed by atoms with E-state index in [1.54, 1.807) is 7.11 Å². The third kappa shape index (κ3) is 4.07. The first kappa shape index (κ1) is 19.6. The summed E-state index contributed by atoms with van der Waals surface area (Å²) in [5, 5.41) is 46.1. The van der Waals surface area contributed by atoms with Crippen LogP contribution >= 0.6 is 0 Å². The first-order valence-electron chi connectivity index (χ1n) is 8.58. The zero-order chi connectivity index (χ0) is 19.6. The molecule has 0 spiro atoms. The first-order valence-corrected chi connectivity index (χ1v) is 8.58. The second-order valence-electron chi connectivity index (χ2n) is 6.47. The molecular formula is C18H24N2O7. The van der Waals surface area contributed by atoms with Crippen LogP contribution in [0.3, 0.4) is 0 Å². The highest BCUT2D eigenvalue weighted by molar-refractivity contribution is 5.37. The maximum Gasteiger partial charge on any atom is 0.238 e. The Hall–Kier alpha value is -2.17. The number of benzene rings is 1. The van der Waals surface area contributed by atoms with Crippen LogP contribution in [0.1, 0.15) is 16.8 Å². The van der Waals surface area contributed by atoms with E-state index in [-0.39, 0.29) is 5.88 Å². The van der Waals surface area contributed by atoms with Gasteiger partial charge < -0.3 is 34.6 Å². The van der Waals surface area contributed by atoms with Crippen LogP contribution in [-0.2, 0) is 11.2 Å². The number of methoxy groups -OCH3 is 1. The molecule has 2 heterocycles. The first-order chi connectivity index (χ1) is 12.9. The van der Waals surface area contributed by atoms with Gasteiger partial charge in [0, 0.05) is 17.7 Å². The van der Waals surface area contributed by atoms with Crippen LogP contribution in [0.2, 0.25) is 0 Å². The number of aromatic nitrogens is 2. The number of hydrogen-bond donors (Lipinski definition) is 5. The number of H-pyrrole nitrogens is 1. The van der Waals surface area contributed by atoms with Crippen molar-refractivity contribution < 1.29 is 34.6 Å². The minimum Gasteiger partial charge on any atom is -0.497 e. The summed E-state index contributed by atoms with van der Waals surface area (Å²) in [6, 6.07) is 7.54. The van der Waals surface area contributed by atoms with Crippen molar-refractivity contribution in [2.75, 3.05) is 13.7 Å². The van der Waals surface area contributed by atoms with E-state index in [1.165, 1.54) is 0 Å². The molecule has 148 valence electrons. The number of nitrogens with zero attached hydrogens (tertiary/aromatic N) is 1. The number of aliphatic hydroxyl groups excluding tert-OH is 4. The van der Waals surface area contributed by atoms with Gasteiger partial charge in [-0.3, -0.25) is 5.10 Å². The zero-order valence-corrected chi connectivity index (χ0v) is 15.1. The molecule has 1 fully saturated rings. The van der Waals surface area contributed by atoms with Crippen LogP contribution in [0.25, 0.3) is 0 Å². The Bertz CT molecular complexity index is 747. The molecule has 0 amide bonds. The van der Waals surface area contributed by atoms with Gasteiger partial charge in [0.15, 0.2) is 0 Å². The van der Waals surface area contributed by atoms with Crippen LogP contribution in [-0.4, -0.2) is 75.0 Å². The molecule has 27 heavy (non-hydrogen) atoms. The van der Waals surface area contributed by atoms with Crippen molar-refractivity contribution in [2.45, 2.75) is 44.1 Å². The second kappa shape index (κ2) is 8.24. The summed E-state index contributed by atoms with van der Waals surface area (Å²) in [7, 11) is 1.60. The Morgan fingerprint density at radius 1 is 1.11 bits per heavy atom. The molecule has 1 aromatic carbocycles. The predicted octanol–water partition coefficient (Wildman–Crippen LogP) is -0.504. The van der Waals surface area contributed by atoms with E-state index in [2.05, 4.69) is 10.2 Å². The highest BCUT2D eigenvalue weighted by Gasteiger charge is 2.45. The lowest BCUT2D eigenvalue weighted by Gasteiger charge is -2.39. The fraction of sp³-hybridized carbons (Fsp3) is 0.500. The summed E-state index contributed by atoms with van der Waals surface area (Å²) in [5.74, 6) is 0.966. The largest absolute Gasteiger partial charge is 0.497 e. The van der Waals surface area contributed by atoms with E-state index in [0.29, 0.717) is 6.42 Å². The van der Waals surface area contributed by atoms with Gasteiger partial charge in [-0.1, -0.05) is 12.1 Å².